The summed E-state index contributed by atoms with van der Waals surface area (Å²) in [5.74, 6) is 1.40. The van der Waals surface area contributed by atoms with E-state index >= 15 is 0 Å². The van der Waals surface area contributed by atoms with Gasteiger partial charge in [0, 0.05) is 11.4 Å². The van der Waals surface area contributed by atoms with Gasteiger partial charge in [-0.2, -0.15) is 0 Å². The predicted octanol–water partition coefficient (Wildman–Crippen LogP) is 3.13. The van der Waals surface area contributed by atoms with E-state index in [-0.39, 0.29) is 12.2 Å². The van der Waals surface area contributed by atoms with E-state index in [4.69, 9.17) is 9.72 Å². The monoisotopic (exact) mass is 413 g/mol. The maximum Gasteiger partial charge on any atom is 0.259 e. The summed E-state index contributed by atoms with van der Waals surface area (Å²) in [6.07, 6.45) is 3.75. The Balaban J connectivity index is 1.42. The lowest BCUT2D eigenvalue weighted by Crippen LogP contribution is -2.36. The van der Waals surface area contributed by atoms with Gasteiger partial charge in [-0.05, 0) is 49.9 Å². The van der Waals surface area contributed by atoms with Crippen molar-refractivity contribution in [1.82, 2.24) is 14.9 Å². The molecule has 2 N–H and O–H groups in total. The number of nitrogens with zero attached hydrogens (tertiary/aromatic N) is 2. The molecule has 154 valence electrons. The minimum Gasteiger partial charge on any atom is -0.491 e. The van der Waals surface area contributed by atoms with Gasteiger partial charge in [0.1, 0.15) is 29.1 Å². The summed E-state index contributed by atoms with van der Waals surface area (Å²) < 4.78 is 5.64. The number of para-hydroxylation sites is 1. The highest BCUT2D eigenvalue weighted by atomic mass is 32.1. The number of fused-ring (bicyclic) bond motifs is 3. The Kier molecular flexibility index (Phi) is 6.28. The summed E-state index contributed by atoms with van der Waals surface area (Å²) in [6, 6.07) is 9.47. The lowest BCUT2D eigenvalue weighted by Gasteiger charge is -2.23. The summed E-state index contributed by atoms with van der Waals surface area (Å²) in [5, 5.41) is 11.2. The first kappa shape index (κ1) is 20.1. The third-order valence-corrected chi connectivity index (χ3v) is 6.53. The zero-order valence-electron chi connectivity index (χ0n) is 16.7. The van der Waals surface area contributed by atoms with Gasteiger partial charge in [0.15, 0.2) is 0 Å². The minimum atomic E-state index is -0.625. The van der Waals surface area contributed by atoms with Crippen LogP contribution in [-0.4, -0.2) is 45.8 Å². The van der Waals surface area contributed by atoms with Crippen LogP contribution in [-0.2, 0) is 19.4 Å². The first-order valence-corrected chi connectivity index (χ1v) is 11.1. The Bertz CT molecular complexity index is 1020. The normalized spacial score (nSPS) is 14.9. The third kappa shape index (κ3) is 4.69. The van der Waals surface area contributed by atoms with E-state index in [2.05, 4.69) is 9.88 Å². The number of benzene rings is 1. The highest BCUT2D eigenvalue weighted by molar-refractivity contribution is 7.18. The fourth-order valence-electron chi connectivity index (χ4n) is 3.86. The van der Waals surface area contributed by atoms with Crippen LogP contribution in [0.1, 0.15) is 36.0 Å². The lowest BCUT2D eigenvalue weighted by atomic mass is 9.97. The molecule has 6 nitrogen and oxygen atoms in total. The van der Waals surface area contributed by atoms with E-state index in [0.717, 1.165) is 41.8 Å². The molecule has 1 aromatic carbocycles. The molecule has 0 fully saturated rings. The van der Waals surface area contributed by atoms with Gasteiger partial charge in [-0.25, -0.2) is 4.98 Å². The maximum atomic E-state index is 12.7. The molecule has 7 heteroatoms. The van der Waals surface area contributed by atoms with Crippen LogP contribution in [0.2, 0.25) is 0 Å². The van der Waals surface area contributed by atoms with Gasteiger partial charge in [-0.3, -0.25) is 9.69 Å². The summed E-state index contributed by atoms with van der Waals surface area (Å²) >= 11 is 1.66. The molecule has 1 aliphatic rings. The third-order valence-electron chi connectivity index (χ3n) is 5.35. The molecule has 29 heavy (non-hydrogen) atoms. The van der Waals surface area contributed by atoms with E-state index in [1.807, 2.05) is 37.3 Å². The standard InChI is InChI=1S/C22H27N3O3S/c1-2-25(12-15(26)14-28-16-8-4-3-5-9-16)13-19-23-21(27)20-17-10-6-7-11-18(17)29-22(20)24-19/h3-5,8-9,15,26H,2,6-7,10-14H2,1H3,(H,23,24,27). The second-order valence-electron chi connectivity index (χ2n) is 7.51. The number of ether oxygens (including phenoxy) is 1. The number of aromatic amines is 1. The van der Waals surface area contributed by atoms with Crippen LogP contribution in [0.5, 0.6) is 5.75 Å². The second kappa shape index (κ2) is 9.07. The molecular formula is C22H27N3O3S. The number of aliphatic hydroxyl groups is 1. The van der Waals surface area contributed by atoms with Crippen molar-refractivity contribution in [2.24, 2.45) is 0 Å². The van der Waals surface area contributed by atoms with Gasteiger partial charge in [-0.1, -0.05) is 25.1 Å². The van der Waals surface area contributed by atoms with Crippen LogP contribution >= 0.6 is 11.3 Å². The molecule has 0 saturated heterocycles. The number of hydrogen-bond acceptors (Lipinski definition) is 6. The fraction of sp³-hybridized carbons (Fsp3) is 0.455. The first-order valence-electron chi connectivity index (χ1n) is 10.3. The highest BCUT2D eigenvalue weighted by Crippen LogP contribution is 2.33. The molecule has 0 radical (unpaired) electrons. The molecule has 3 aromatic rings. The van der Waals surface area contributed by atoms with Crippen molar-refractivity contribution in [1.29, 1.82) is 0 Å². The van der Waals surface area contributed by atoms with E-state index < -0.39 is 6.10 Å². The lowest BCUT2D eigenvalue weighted by molar-refractivity contribution is 0.0667. The molecular weight excluding hydrogens is 386 g/mol. The SMILES string of the molecule is CCN(Cc1nc2sc3c(c2c(=O)[nH]1)CCCC3)CC(O)COc1ccccc1. The fourth-order valence-corrected chi connectivity index (χ4v) is 5.14. The Labute approximate surface area is 174 Å². The molecule has 0 aliphatic heterocycles. The zero-order chi connectivity index (χ0) is 20.2. The predicted molar refractivity (Wildman–Crippen MR) is 116 cm³/mol. The van der Waals surface area contributed by atoms with Gasteiger partial charge in [0.2, 0.25) is 0 Å². The Morgan fingerprint density at radius 3 is 2.86 bits per heavy atom. The van der Waals surface area contributed by atoms with Crippen molar-refractivity contribution >= 4 is 21.6 Å². The number of aromatic nitrogens is 2. The molecule has 4 rings (SSSR count). The van der Waals surface area contributed by atoms with E-state index in [1.54, 1.807) is 11.3 Å². The molecule has 0 bridgehead atoms. The van der Waals surface area contributed by atoms with Crippen LogP contribution in [0.25, 0.3) is 10.2 Å². The van der Waals surface area contributed by atoms with Crippen LogP contribution in [0.4, 0.5) is 0 Å². The number of aryl methyl sites for hydroxylation is 2. The van der Waals surface area contributed by atoms with E-state index in [0.29, 0.717) is 18.9 Å². The van der Waals surface area contributed by atoms with Gasteiger partial charge in [0.05, 0.1) is 11.9 Å². The number of rotatable bonds is 8. The summed E-state index contributed by atoms with van der Waals surface area (Å²) in [6.45, 7) is 3.94. The van der Waals surface area contributed by atoms with Gasteiger partial charge in [-0.15, -0.1) is 11.3 Å². The summed E-state index contributed by atoms with van der Waals surface area (Å²) in [7, 11) is 0. The van der Waals surface area contributed by atoms with Crippen molar-refractivity contribution < 1.29 is 9.84 Å². The Morgan fingerprint density at radius 1 is 1.28 bits per heavy atom. The number of H-pyrrole nitrogens is 1. The number of aliphatic hydroxyl groups excluding tert-OH is 1. The van der Waals surface area contributed by atoms with E-state index in [1.165, 1.54) is 16.9 Å². The molecule has 1 unspecified atom stereocenters. The van der Waals surface area contributed by atoms with Crippen LogP contribution in [0.15, 0.2) is 35.1 Å². The number of thiophene rings is 1. The minimum absolute atomic E-state index is 0.0339. The van der Waals surface area contributed by atoms with Gasteiger partial charge >= 0.3 is 0 Å². The molecule has 0 amide bonds. The Hall–Kier alpha value is -2.22. The molecule has 2 heterocycles. The van der Waals surface area contributed by atoms with Crippen LogP contribution < -0.4 is 10.3 Å². The molecule has 1 aliphatic carbocycles. The van der Waals surface area contributed by atoms with Crippen molar-refractivity contribution in [3.8, 4) is 5.75 Å². The smallest absolute Gasteiger partial charge is 0.259 e. The summed E-state index contributed by atoms with van der Waals surface area (Å²) in [4.78, 5) is 24.6. The molecule has 2 aromatic heterocycles. The maximum absolute atomic E-state index is 12.7. The van der Waals surface area contributed by atoms with E-state index in [9.17, 15) is 9.90 Å². The molecule has 0 saturated carbocycles. The largest absolute Gasteiger partial charge is 0.491 e. The number of likely N-dealkylation sites (N-methyl/N-ethyl adjacent to an activating group) is 1. The number of hydrogen-bond donors (Lipinski definition) is 2. The van der Waals surface area contributed by atoms with Crippen molar-refractivity contribution in [2.75, 3.05) is 19.7 Å². The van der Waals surface area contributed by atoms with Crippen molar-refractivity contribution in [3.05, 3.63) is 57.0 Å². The van der Waals surface area contributed by atoms with Gasteiger partial charge < -0.3 is 14.8 Å². The average Bonchev–Trinajstić information content (AvgIpc) is 3.11. The van der Waals surface area contributed by atoms with Crippen molar-refractivity contribution in [2.45, 2.75) is 45.3 Å². The average molecular weight is 414 g/mol. The Morgan fingerprint density at radius 2 is 2.07 bits per heavy atom. The second-order valence-corrected chi connectivity index (χ2v) is 8.59. The summed E-state index contributed by atoms with van der Waals surface area (Å²) in [5.41, 5.74) is 1.17. The quantitative estimate of drug-likeness (QED) is 0.593. The van der Waals surface area contributed by atoms with Crippen molar-refractivity contribution in [3.63, 3.8) is 0 Å². The first-order chi connectivity index (χ1) is 14.1. The molecule has 0 spiro atoms. The number of nitrogens with one attached hydrogen (secondary N) is 1. The highest BCUT2D eigenvalue weighted by Gasteiger charge is 2.20. The van der Waals surface area contributed by atoms with Crippen LogP contribution in [0.3, 0.4) is 0 Å². The van der Waals surface area contributed by atoms with Crippen LogP contribution in [0, 0.1) is 0 Å². The zero-order valence-corrected chi connectivity index (χ0v) is 17.5. The van der Waals surface area contributed by atoms with Gasteiger partial charge in [0.25, 0.3) is 5.56 Å². The molecule has 1 atom stereocenters. The topological polar surface area (TPSA) is 78.5 Å².